The summed E-state index contributed by atoms with van der Waals surface area (Å²) in [6.45, 7) is 0.676. The largest absolute Gasteiger partial charge is 0.503 e. The second kappa shape index (κ2) is 16.6. The Labute approximate surface area is 96.7 Å². The van der Waals surface area contributed by atoms with Gasteiger partial charge in [0.25, 0.3) is 0 Å². The number of aliphatic hydroxyl groups is 2. The van der Waals surface area contributed by atoms with Gasteiger partial charge in [0.05, 0.1) is 0 Å². The molecule has 0 heterocycles. The van der Waals surface area contributed by atoms with Gasteiger partial charge in [-0.1, -0.05) is 38.5 Å². The van der Waals surface area contributed by atoms with E-state index in [0.717, 1.165) is 25.7 Å². The molecule has 0 rings (SSSR count). The minimum atomic E-state index is -1.83. The summed E-state index contributed by atoms with van der Waals surface area (Å²) in [5.41, 5.74) is 0. The fourth-order valence-corrected chi connectivity index (χ4v) is 1.28. The molecule has 0 radical (unpaired) electrons. The third kappa shape index (κ3) is 29.2. The van der Waals surface area contributed by atoms with E-state index < -0.39 is 6.16 Å². The molecule has 0 saturated heterocycles. The van der Waals surface area contributed by atoms with E-state index in [2.05, 4.69) is 0 Å². The molecule has 0 saturated carbocycles. The predicted molar refractivity (Wildman–Crippen MR) is 61.8 cm³/mol. The lowest BCUT2D eigenvalue weighted by atomic mass is 10.1. The number of hydrogen-bond acceptors (Lipinski definition) is 3. The van der Waals surface area contributed by atoms with E-state index in [1.807, 2.05) is 0 Å². The molecule has 98 valence electrons. The van der Waals surface area contributed by atoms with Crippen LogP contribution in [0.2, 0.25) is 0 Å². The minimum Gasteiger partial charge on any atom is -0.450 e. The van der Waals surface area contributed by atoms with Crippen molar-refractivity contribution < 1.29 is 25.2 Å². The van der Waals surface area contributed by atoms with Crippen LogP contribution in [0.3, 0.4) is 0 Å². The highest BCUT2D eigenvalue weighted by Crippen LogP contribution is 2.07. The molecule has 0 spiro atoms. The second-order valence-electron chi connectivity index (χ2n) is 3.56. The van der Waals surface area contributed by atoms with Crippen molar-refractivity contribution in [2.24, 2.45) is 0 Å². The first kappa shape index (κ1) is 17.6. The predicted octanol–water partition coefficient (Wildman–Crippen LogP) is 2.31. The minimum absolute atomic E-state index is 0.338. The number of rotatable bonds is 9. The average Bonchev–Trinajstić information content (AvgIpc) is 2.21. The van der Waals surface area contributed by atoms with Gasteiger partial charge in [0.1, 0.15) is 0 Å². The van der Waals surface area contributed by atoms with Gasteiger partial charge in [-0.05, 0) is 12.8 Å². The standard InChI is InChI=1S/C10H22O2.CH2O3/c11-9-7-5-3-1-2-4-6-8-10-12;2-1(3)4/h11-12H,1-10H2;(H2,2,3,4). The number of hydrogen-bond donors (Lipinski definition) is 4. The number of carboxylic acid groups (broad SMARTS) is 2. The second-order valence-corrected chi connectivity index (χ2v) is 3.56. The zero-order valence-electron chi connectivity index (χ0n) is 9.77. The van der Waals surface area contributed by atoms with Crippen LogP contribution in [-0.2, 0) is 0 Å². The zero-order valence-corrected chi connectivity index (χ0v) is 9.77. The monoisotopic (exact) mass is 236 g/mol. The lowest BCUT2D eigenvalue weighted by Gasteiger charge is -1.99. The van der Waals surface area contributed by atoms with Crippen LogP contribution < -0.4 is 0 Å². The van der Waals surface area contributed by atoms with Gasteiger partial charge in [-0.2, -0.15) is 0 Å². The van der Waals surface area contributed by atoms with E-state index in [-0.39, 0.29) is 0 Å². The van der Waals surface area contributed by atoms with Crippen LogP contribution >= 0.6 is 0 Å². The Kier molecular flexibility index (Phi) is 18.3. The van der Waals surface area contributed by atoms with Crippen molar-refractivity contribution in [3.05, 3.63) is 0 Å². The maximum Gasteiger partial charge on any atom is 0.503 e. The first-order valence-corrected chi connectivity index (χ1v) is 5.78. The molecule has 0 fully saturated rings. The SMILES string of the molecule is O=C(O)O.OCCCCCCCCCCO. The maximum absolute atomic E-state index is 8.56. The summed E-state index contributed by atoms with van der Waals surface area (Å²) in [6, 6.07) is 0. The van der Waals surface area contributed by atoms with Crippen molar-refractivity contribution in [1.29, 1.82) is 0 Å². The Bertz CT molecular complexity index is 124. The van der Waals surface area contributed by atoms with Crippen LogP contribution in [0.5, 0.6) is 0 Å². The molecule has 5 heteroatoms. The topological polar surface area (TPSA) is 98.0 Å². The third-order valence-corrected chi connectivity index (χ3v) is 2.07. The van der Waals surface area contributed by atoms with Crippen molar-refractivity contribution in [2.75, 3.05) is 13.2 Å². The first-order valence-electron chi connectivity index (χ1n) is 5.78. The molecular weight excluding hydrogens is 212 g/mol. The van der Waals surface area contributed by atoms with E-state index in [1.165, 1.54) is 25.7 Å². The molecule has 0 aromatic carbocycles. The van der Waals surface area contributed by atoms with Gasteiger partial charge in [-0.15, -0.1) is 0 Å². The van der Waals surface area contributed by atoms with Crippen LogP contribution in [0, 0.1) is 0 Å². The summed E-state index contributed by atoms with van der Waals surface area (Å²) in [4.78, 5) is 8.56. The smallest absolute Gasteiger partial charge is 0.450 e. The van der Waals surface area contributed by atoms with Crippen LogP contribution in [0.1, 0.15) is 51.4 Å². The van der Waals surface area contributed by atoms with Gasteiger partial charge >= 0.3 is 6.16 Å². The molecule has 0 aliphatic heterocycles. The van der Waals surface area contributed by atoms with Gasteiger partial charge in [-0.25, -0.2) is 4.79 Å². The zero-order chi connectivity index (χ0) is 12.6. The van der Waals surface area contributed by atoms with Crippen LogP contribution in [0.15, 0.2) is 0 Å². The summed E-state index contributed by atoms with van der Waals surface area (Å²) in [7, 11) is 0. The summed E-state index contributed by atoms with van der Waals surface area (Å²) < 4.78 is 0. The molecule has 0 aliphatic rings. The normalized spacial score (nSPS) is 9.38. The Hall–Kier alpha value is -0.810. The molecule has 0 amide bonds. The summed E-state index contributed by atoms with van der Waals surface area (Å²) in [5, 5.41) is 31.0. The van der Waals surface area contributed by atoms with E-state index in [1.54, 1.807) is 0 Å². The van der Waals surface area contributed by atoms with E-state index in [0.29, 0.717) is 13.2 Å². The molecule has 0 aromatic heterocycles. The van der Waals surface area contributed by atoms with Gasteiger partial charge < -0.3 is 20.4 Å². The van der Waals surface area contributed by atoms with E-state index >= 15 is 0 Å². The van der Waals surface area contributed by atoms with Gasteiger partial charge in [0.2, 0.25) is 0 Å². The molecule has 0 atom stereocenters. The third-order valence-electron chi connectivity index (χ3n) is 2.07. The fraction of sp³-hybridized carbons (Fsp3) is 0.909. The Morgan fingerprint density at radius 2 is 0.812 bits per heavy atom. The van der Waals surface area contributed by atoms with Crippen molar-refractivity contribution in [1.82, 2.24) is 0 Å². The summed E-state index contributed by atoms with van der Waals surface area (Å²) >= 11 is 0. The molecular formula is C11H24O5. The molecule has 4 N–H and O–H groups in total. The molecule has 0 bridgehead atoms. The molecule has 16 heavy (non-hydrogen) atoms. The molecule has 5 nitrogen and oxygen atoms in total. The Balaban J connectivity index is 0. The first-order chi connectivity index (χ1) is 7.65. The Morgan fingerprint density at radius 3 is 1.00 bits per heavy atom. The number of unbranched alkanes of at least 4 members (excludes halogenated alkanes) is 7. The number of carbonyl (C=O) groups is 1. The summed E-state index contributed by atoms with van der Waals surface area (Å²) in [5.74, 6) is 0. The molecule has 0 unspecified atom stereocenters. The van der Waals surface area contributed by atoms with Gasteiger partial charge in [0, 0.05) is 13.2 Å². The van der Waals surface area contributed by atoms with Crippen LogP contribution in [0.25, 0.3) is 0 Å². The van der Waals surface area contributed by atoms with E-state index in [9.17, 15) is 0 Å². The average molecular weight is 236 g/mol. The van der Waals surface area contributed by atoms with Crippen molar-refractivity contribution in [3.8, 4) is 0 Å². The summed E-state index contributed by atoms with van der Waals surface area (Å²) in [6.07, 6.45) is 7.47. The molecule has 0 aliphatic carbocycles. The van der Waals surface area contributed by atoms with Gasteiger partial charge in [-0.3, -0.25) is 0 Å². The van der Waals surface area contributed by atoms with Crippen molar-refractivity contribution in [3.63, 3.8) is 0 Å². The lowest BCUT2D eigenvalue weighted by Crippen LogP contribution is -1.85. The maximum atomic E-state index is 8.56. The molecule has 0 aromatic rings. The quantitative estimate of drug-likeness (QED) is 0.460. The van der Waals surface area contributed by atoms with Crippen molar-refractivity contribution >= 4 is 6.16 Å². The van der Waals surface area contributed by atoms with Gasteiger partial charge in [0.15, 0.2) is 0 Å². The van der Waals surface area contributed by atoms with Crippen molar-refractivity contribution in [2.45, 2.75) is 51.4 Å². The highest BCUT2D eigenvalue weighted by Gasteiger charge is 1.90. The van der Waals surface area contributed by atoms with E-state index in [4.69, 9.17) is 25.2 Å². The highest BCUT2D eigenvalue weighted by atomic mass is 16.6. The van der Waals surface area contributed by atoms with Crippen LogP contribution in [-0.4, -0.2) is 39.8 Å². The lowest BCUT2D eigenvalue weighted by molar-refractivity contribution is 0.137. The number of aliphatic hydroxyl groups excluding tert-OH is 2. The fourth-order valence-electron chi connectivity index (χ4n) is 1.28. The highest BCUT2D eigenvalue weighted by molar-refractivity contribution is 5.53. The Morgan fingerprint density at radius 1 is 0.625 bits per heavy atom. The van der Waals surface area contributed by atoms with Crippen LogP contribution in [0.4, 0.5) is 4.79 Å².